The van der Waals surface area contributed by atoms with Crippen LogP contribution in [0, 0.1) is 6.92 Å². The van der Waals surface area contributed by atoms with Crippen LogP contribution in [0.4, 0.5) is 0 Å². The van der Waals surface area contributed by atoms with Crippen molar-refractivity contribution in [3.8, 4) is 11.4 Å². The van der Waals surface area contributed by atoms with Gasteiger partial charge in [-0.1, -0.05) is 16.8 Å². The second kappa shape index (κ2) is 4.28. The highest BCUT2D eigenvalue weighted by Crippen LogP contribution is 2.39. The molecule has 0 N–H and O–H groups in total. The Balaban J connectivity index is 2.05. The molecule has 1 aliphatic rings. The zero-order chi connectivity index (χ0) is 12.7. The van der Waals surface area contributed by atoms with Crippen LogP contribution < -0.4 is 4.74 Å². The first-order valence-corrected chi connectivity index (χ1v) is 6.33. The maximum atomic E-state index is 6.09. The van der Waals surface area contributed by atoms with E-state index in [1.165, 1.54) is 12.8 Å². The molecule has 0 amide bonds. The quantitative estimate of drug-likeness (QED) is 0.854. The molecule has 1 aliphatic carbocycles. The molecule has 0 atom stereocenters. The van der Waals surface area contributed by atoms with E-state index in [9.17, 15) is 0 Å². The lowest BCUT2D eigenvalue weighted by Gasteiger charge is -2.10. The van der Waals surface area contributed by atoms with Gasteiger partial charge in [0.25, 0.3) is 0 Å². The van der Waals surface area contributed by atoms with Gasteiger partial charge in [0.05, 0.1) is 19.0 Å². The third-order valence-corrected chi connectivity index (χ3v) is 3.62. The van der Waals surface area contributed by atoms with E-state index in [2.05, 4.69) is 10.3 Å². The van der Waals surface area contributed by atoms with Crippen LogP contribution in [-0.4, -0.2) is 22.1 Å². The Labute approximate surface area is 111 Å². The van der Waals surface area contributed by atoms with Gasteiger partial charge < -0.3 is 4.74 Å². The number of hydrogen-bond donors (Lipinski definition) is 0. The average Bonchev–Trinajstić information content (AvgIpc) is 3.10. The SMILES string of the molecule is COc1cc(Cl)c(C)cc1-n1cc(C2CC2)nn1. The highest BCUT2D eigenvalue weighted by atomic mass is 35.5. The van der Waals surface area contributed by atoms with Crippen LogP contribution in [-0.2, 0) is 0 Å². The van der Waals surface area contributed by atoms with Gasteiger partial charge in [-0.3, -0.25) is 0 Å². The maximum Gasteiger partial charge on any atom is 0.146 e. The fourth-order valence-electron chi connectivity index (χ4n) is 1.95. The molecule has 0 saturated heterocycles. The number of ether oxygens (including phenoxy) is 1. The minimum Gasteiger partial charge on any atom is -0.494 e. The topological polar surface area (TPSA) is 39.9 Å². The highest BCUT2D eigenvalue weighted by Gasteiger charge is 2.27. The van der Waals surface area contributed by atoms with Crippen LogP contribution in [0.2, 0.25) is 5.02 Å². The van der Waals surface area contributed by atoms with E-state index < -0.39 is 0 Å². The Morgan fingerprint density at radius 3 is 2.83 bits per heavy atom. The molecule has 0 aliphatic heterocycles. The van der Waals surface area contributed by atoms with Gasteiger partial charge in [0.2, 0.25) is 0 Å². The first kappa shape index (κ1) is 11.5. The van der Waals surface area contributed by atoms with Crippen molar-refractivity contribution < 1.29 is 4.74 Å². The third kappa shape index (κ3) is 1.97. The van der Waals surface area contributed by atoms with Crippen LogP contribution in [0.25, 0.3) is 5.69 Å². The minimum atomic E-state index is 0.596. The van der Waals surface area contributed by atoms with Crippen molar-refractivity contribution in [2.24, 2.45) is 0 Å². The van der Waals surface area contributed by atoms with E-state index in [1.807, 2.05) is 25.3 Å². The van der Waals surface area contributed by atoms with E-state index in [0.29, 0.717) is 16.7 Å². The van der Waals surface area contributed by atoms with Crippen molar-refractivity contribution in [3.05, 3.63) is 34.6 Å². The number of hydrogen-bond acceptors (Lipinski definition) is 3. The van der Waals surface area contributed by atoms with Gasteiger partial charge in [-0.25, -0.2) is 4.68 Å². The summed E-state index contributed by atoms with van der Waals surface area (Å²) >= 11 is 6.09. The Morgan fingerprint density at radius 1 is 1.39 bits per heavy atom. The number of halogens is 1. The molecule has 1 saturated carbocycles. The van der Waals surface area contributed by atoms with Crippen LogP contribution >= 0.6 is 11.6 Å². The summed E-state index contributed by atoms with van der Waals surface area (Å²) in [6.07, 6.45) is 4.41. The maximum absolute atomic E-state index is 6.09. The van der Waals surface area contributed by atoms with E-state index in [-0.39, 0.29) is 0 Å². The predicted molar refractivity (Wildman–Crippen MR) is 69.6 cm³/mol. The summed E-state index contributed by atoms with van der Waals surface area (Å²) in [6.45, 7) is 1.96. The molecule has 18 heavy (non-hydrogen) atoms. The molecular formula is C13H14ClN3O. The van der Waals surface area contributed by atoms with Crippen molar-refractivity contribution in [1.29, 1.82) is 0 Å². The van der Waals surface area contributed by atoms with E-state index in [4.69, 9.17) is 16.3 Å². The first-order valence-electron chi connectivity index (χ1n) is 5.96. The summed E-state index contributed by atoms with van der Waals surface area (Å²) in [4.78, 5) is 0. The van der Waals surface area contributed by atoms with Gasteiger partial charge >= 0.3 is 0 Å². The smallest absolute Gasteiger partial charge is 0.146 e. The Hall–Kier alpha value is -1.55. The molecule has 1 fully saturated rings. The number of nitrogens with zero attached hydrogens (tertiary/aromatic N) is 3. The molecule has 1 aromatic heterocycles. The van der Waals surface area contributed by atoms with Crippen LogP contribution in [0.5, 0.6) is 5.75 Å². The van der Waals surface area contributed by atoms with Crippen molar-refractivity contribution in [2.75, 3.05) is 7.11 Å². The lowest BCUT2D eigenvalue weighted by molar-refractivity contribution is 0.411. The Morgan fingerprint density at radius 2 is 2.17 bits per heavy atom. The monoisotopic (exact) mass is 263 g/mol. The van der Waals surface area contributed by atoms with Gasteiger partial charge in [0.1, 0.15) is 11.4 Å². The highest BCUT2D eigenvalue weighted by molar-refractivity contribution is 6.31. The van der Waals surface area contributed by atoms with Crippen molar-refractivity contribution in [3.63, 3.8) is 0 Å². The molecule has 5 heteroatoms. The zero-order valence-electron chi connectivity index (χ0n) is 10.4. The van der Waals surface area contributed by atoms with Crippen molar-refractivity contribution in [1.82, 2.24) is 15.0 Å². The number of methoxy groups -OCH3 is 1. The van der Waals surface area contributed by atoms with Crippen molar-refractivity contribution in [2.45, 2.75) is 25.7 Å². The lowest BCUT2D eigenvalue weighted by Crippen LogP contribution is -1.99. The summed E-state index contributed by atoms with van der Waals surface area (Å²) in [7, 11) is 1.63. The molecule has 4 nitrogen and oxygen atoms in total. The molecule has 0 unspecified atom stereocenters. The molecule has 0 bridgehead atoms. The van der Waals surface area contributed by atoms with Gasteiger partial charge in [-0.2, -0.15) is 0 Å². The number of aryl methyl sites for hydroxylation is 1. The zero-order valence-corrected chi connectivity index (χ0v) is 11.1. The van der Waals surface area contributed by atoms with E-state index in [0.717, 1.165) is 16.9 Å². The van der Waals surface area contributed by atoms with Crippen LogP contribution in [0.3, 0.4) is 0 Å². The summed E-state index contributed by atoms with van der Waals surface area (Å²) in [6, 6.07) is 3.78. The fourth-order valence-corrected chi connectivity index (χ4v) is 2.10. The molecule has 0 radical (unpaired) electrons. The van der Waals surface area contributed by atoms with Crippen molar-refractivity contribution >= 4 is 11.6 Å². The molecule has 1 aromatic carbocycles. The van der Waals surface area contributed by atoms with Crippen LogP contribution in [0.1, 0.15) is 30.0 Å². The molecule has 1 heterocycles. The summed E-state index contributed by atoms with van der Waals surface area (Å²) < 4.78 is 7.11. The second-order valence-electron chi connectivity index (χ2n) is 4.64. The standard InChI is InChI=1S/C13H14ClN3O/c1-8-5-12(13(18-2)6-10(8)14)17-7-11(15-16-17)9-3-4-9/h5-7,9H,3-4H2,1-2H3. The largest absolute Gasteiger partial charge is 0.494 e. The molecule has 2 aromatic rings. The summed E-state index contributed by atoms with van der Waals surface area (Å²) in [5, 5.41) is 9.07. The molecule has 94 valence electrons. The Kier molecular flexibility index (Phi) is 2.74. The van der Waals surface area contributed by atoms with Gasteiger partial charge in [-0.05, 0) is 31.4 Å². The van der Waals surface area contributed by atoms with Gasteiger partial charge in [0.15, 0.2) is 0 Å². The lowest BCUT2D eigenvalue weighted by atomic mass is 10.2. The summed E-state index contributed by atoms with van der Waals surface area (Å²) in [5.41, 5.74) is 2.93. The first-order chi connectivity index (χ1) is 8.69. The number of aromatic nitrogens is 3. The molecular weight excluding hydrogens is 250 g/mol. The van der Waals surface area contributed by atoms with E-state index >= 15 is 0 Å². The normalized spacial score (nSPS) is 14.8. The fraction of sp³-hybridized carbons (Fsp3) is 0.385. The minimum absolute atomic E-state index is 0.596. The van der Waals surface area contributed by atoms with E-state index in [1.54, 1.807) is 11.8 Å². The molecule has 0 spiro atoms. The van der Waals surface area contributed by atoms with Gasteiger partial charge in [0, 0.05) is 17.0 Å². The van der Waals surface area contributed by atoms with Gasteiger partial charge in [-0.15, -0.1) is 5.10 Å². The van der Waals surface area contributed by atoms with Crippen LogP contribution in [0.15, 0.2) is 18.3 Å². The average molecular weight is 264 g/mol. The summed E-state index contributed by atoms with van der Waals surface area (Å²) in [5.74, 6) is 1.30. The number of rotatable bonds is 3. The number of benzene rings is 1. The second-order valence-corrected chi connectivity index (χ2v) is 5.04. The predicted octanol–water partition coefficient (Wildman–Crippen LogP) is 3.12. The third-order valence-electron chi connectivity index (χ3n) is 3.21. The molecule has 3 rings (SSSR count). The Bertz CT molecular complexity index is 590.